The van der Waals surface area contributed by atoms with Gasteiger partial charge in [-0.1, -0.05) is 0 Å². The molecule has 0 aliphatic carbocycles. The van der Waals surface area contributed by atoms with E-state index >= 15 is 0 Å². The number of sulfone groups is 1. The maximum absolute atomic E-state index is 12.2. The van der Waals surface area contributed by atoms with Gasteiger partial charge in [0.05, 0.1) is 16.3 Å². The van der Waals surface area contributed by atoms with Crippen molar-refractivity contribution in [3.8, 4) is 0 Å². The van der Waals surface area contributed by atoms with Gasteiger partial charge >= 0.3 is 0 Å². The van der Waals surface area contributed by atoms with Gasteiger partial charge in [-0.25, -0.2) is 8.42 Å². The number of benzene rings is 1. The summed E-state index contributed by atoms with van der Waals surface area (Å²) >= 11 is 0. The first-order valence-electron chi connectivity index (χ1n) is 6.17. The Morgan fingerprint density at radius 1 is 1.33 bits per heavy atom. The summed E-state index contributed by atoms with van der Waals surface area (Å²) in [7, 11) is -3.16. The first-order chi connectivity index (χ1) is 8.36. The van der Waals surface area contributed by atoms with Crippen molar-refractivity contribution in [2.24, 2.45) is 5.73 Å². The van der Waals surface area contributed by atoms with Crippen LogP contribution in [0.25, 0.3) is 0 Å². The van der Waals surface area contributed by atoms with E-state index in [-0.39, 0.29) is 11.8 Å². The number of hydrogen-bond acceptors (Lipinski definition) is 4. The zero-order valence-corrected chi connectivity index (χ0v) is 11.9. The average molecular weight is 268 g/mol. The number of fused-ring (bicyclic) bond motifs is 1. The Labute approximate surface area is 109 Å². The molecule has 0 bridgehead atoms. The van der Waals surface area contributed by atoms with E-state index in [4.69, 9.17) is 5.73 Å². The molecule has 1 atom stereocenters. The number of rotatable bonds is 2. The zero-order valence-electron chi connectivity index (χ0n) is 11.1. The van der Waals surface area contributed by atoms with E-state index in [1.54, 1.807) is 6.07 Å². The SMILES string of the molecule is Cc1cc2c(cc1C)S(=O)(=O)CC(C)N2CCN. The van der Waals surface area contributed by atoms with E-state index in [0.29, 0.717) is 18.0 Å². The molecule has 4 nitrogen and oxygen atoms in total. The van der Waals surface area contributed by atoms with Crippen molar-refractivity contribution < 1.29 is 8.42 Å². The minimum atomic E-state index is -3.16. The van der Waals surface area contributed by atoms with Crippen molar-refractivity contribution in [3.63, 3.8) is 0 Å². The fraction of sp³-hybridized carbons (Fsp3) is 0.538. The monoisotopic (exact) mass is 268 g/mol. The second kappa shape index (κ2) is 4.55. The van der Waals surface area contributed by atoms with Gasteiger partial charge in [0, 0.05) is 19.1 Å². The second-order valence-electron chi connectivity index (χ2n) is 5.02. The molecule has 1 aliphatic heterocycles. The normalized spacial score (nSPS) is 21.8. The van der Waals surface area contributed by atoms with E-state index in [0.717, 1.165) is 16.8 Å². The summed E-state index contributed by atoms with van der Waals surface area (Å²) in [6, 6.07) is 3.73. The van der Waals surface area contributed by atoms with E-state index in [2.05, 4.69) is 4.90 Å². The predicted molar refractivity (Wildman–Crippen MR) is 73.8 cm³/mol. The van der Waals surface area contributed by atoms with Crippen molar-refractivity contribution in [1.82, 2.24) is 0 Å². The maximum atomic E-state index is 12.2. The molecule has 1 heterocycles. The molecule has 18 heavy (non-hydrogen) atoms. The summed E-state index contributed by atoms with van der Waals surface area (Å²) in [6.45, 7) is 7.09. The average Bonchev–Trinajstić information content (AvgIpc) is 2.26. The largest absolute Gasteiger partial charge is 0.365 e. The Morgan fingerprint density at radius 2 is 1.94 bits per heavy atom. The van der Waals surface area contributed by atoms with Crippen LogP contribution in [0.4, 0.5) is 5.69 Å². The molecule has 0 radical (unpaired) electrons. The van der Waals surface area contributed by atoms with Gasteiger partial charge in [-0.15, -0.1) is 0 Å². The van der Waals surface area contributed by atoms with Gasteiger partial charge < -0.3 is 10.6 Å². The highest BCUT2D eigenvalue weighted by Crippen LogP contribution is 2.35. The molecule has 1 aromatic rings. The summed E-state index contributed by atoms with van der Waals surface area (Å²) in [5.41, 5.74) is 8.56. The number of anilines is 1. The fourth-order valence-corrected chi connectivity index (χ4v) is 4.31. The number of nitrogens with zero attached hydrogens (tertiary/aromatic N) is 1. The molecule has 1 aromatic carbocycles. The summed E-state index contributed by atoms with van der Waals surface area (Å²) in [6.07, 6.45) is 0. The van der Waals surface area contributed by atoms with Crippen LogP contribution in [0.5, 0.6) is 0 Å². The minimum absolute atomic E-state index is 0.0202. The minimum Gasteiger partial charge on any atom is -0.365 e. The highest BCUT2D eigenvalue weighted by Gasteiger charge is 2.33. The van der Waals surface area contributed by atoms with E-state index in [1.807, 2.05) is 26.8 Å². The molecule has 0 fully saturated rings. The van der Waals surface area contributed by atoms with Crippen molar-refractivity contribution in [3.05, 3.63) is 23.3 Å². The molecule has 1 aliphatic rings. The second-order valence-corrected chi connectivity index (χ2v) is 7.02. The first kappa shape index (κ1) is 13.4. The summed E-state index contributed by atoms with van der Waals surface area (Å²) in [4.78, 5) is 2.56. The lowest BCUT2D eigenvalue weighted by atomic mass is 10.1. The van der Waals surface area contributed by atoms with Crippen molar-refractivity contribution in [1.29, 1.82) is 0 Å². The van der Waals surface area contributed by atoms with Gasteiger partial charge in [-0.3, -0.25) is 0 Å². The van der Waals surface area contributed by atoms with Crippen LogP contribution in [0, 0.1) is 13.8 Å². The van der Waals surface area contributed by atoms with Crippen LogP contribution in [0.3, 0.4) is 0 Å². The predicted octanol–water partition coefficient (Wildman–Crippen LogP) is 1.24. The van der Waals surface area contributed by atoms with Gasteiger partial charge in [-0.2, -0.15) is 0 Å². The quantitative estimate of drug-likeness (QED) is 0.876. The molecular formula is C13H20N2O2S. The third kappa shape index (κ3) is 2.12. The fourth-order valence-electron chi connectivity index (χ4n) is 2.46. The lowest BCUT2D eigenvalue weighted by Crippen LogP contribution is -2.45. The smallest absolute Gasteiger partial charge is 0.182 e. The Bertz CT molecular complexity index is 567. The zero-order chi connectivity index (χ0) is 13.5. The van der Waals surface area contributed by atoms with Gasteiger partial charge in [0.1, 0.15) is 0 Å². The summed E-state index contributed by atoms with van der Waals surface area (Å²) < 4.78 is 24.5. The van der Waals surface area contributed by atoms with Crippen LogP contribution in [0.1, 0.15) is 18.1 Å². The van der Waals surface area contributed by atoms with Crippen molar-refractivity contribution in [2.75, 3.05) is 23.7 Å². The number of nitrogens with two attached hydrogens (primary N) is 1. The van der Waals surface area contributed by atoms with Crippen LogP contribution < -0.4 is 10.6 Å². The maximum Gasteiger partial charge on any atom is 0.182 e. The molecule has 100 valence electrons. The first-order valence-corrected chi connectivity index (χ1v) is 7.82. The molecule has 0 aromatic heterocycles. The van der Waals surface area contributed by atoms with Gasteiger partial charge in [-0.05, 0) is 44.0 Å². The summed E-state index contributed by atoms with van der Waals surface area (Å²) in [5.74, 6) is 0.169. The van der Waals surface area contributed by atoms with E-state index in [9.17, 15) is 8.42 Å². The van der Waals surface area contributed by atoms with Crippen molar-refractivity contribution >= 4 is 15.5 Å². The molecule has 0 saturated carbocycles. The molecule has 2 N–H and O–H groups in total. The molecule has 2 rings (SSSR count). The van der Waals surface area contributed by atoms with Crippen LogP contribution in [0.2, 0.25) is 0 Å². The number of hydrogen-bond donors (Lipinski definition) is 1. The Morgan fingerprint density at radius 3 is 2.56 bits per heavy atom. The molecule has 0 spiro atoms. The Kier molecular flexibility index (Phi) is 3.38. The molecule has 5 heteroatoms. The lowest BCUT2D eigenvalue weighted by molar-refractivity contribution is 0.572. The third-order valence-corrected chi connectivity index (χ3v) is 5.50. The van der Waals surface area contributed by atoms with Crippen LogP contribution in [0.15, 0.2) is 17.0 Å². The third-order valence-electron chi connectivity index (χ3n) is 3.58. The van der Waals surface area contributed by atoms with Gasteiger partial charge in [0.15, 0.2) is 9.84 Å². The number of aryl methyl sites for hydroxylation is 2. The highest BCUT2D eigenvalue weighted by molar-refractivity contribution is 7.91. The van der Waals surface area contributed by atoms with Crippen LogP contribution in [-0.4, -0.2) is 33.3 Å². The van der Waals surface area contributed by atoms with Crippen LogP contribution >= 0.6 is 0 Å². The Balaban J connectivity index is 2.65. The lowest BCUT2D eigenvalue weighted by Gasteiger charge is -2.37. The molecular weight excluding hydrogens is 248 g/mol. The van der Waals surface area contributed by atoms with E-state index < -0.39 is 9.84 Å². The van der Waals surface area contributed by atoms with Gasteiger partial charge in [0.2, 0.25) is 0 Å². The van der Waals surface area contributed by atoms with Crippen molar-refractivity contribution in [2.45, 2.75) is 31.7 Å². The molecule has 0 saturated heterocycles. The van der Waals surface area contributed by atoms with Gasteiger partial charge in [0.25, 0.3) is 0 Å². The van der Waals surface area contributed by atoms with E-state index in [1.165, 1.54) is 0 Å². The standard InChI is InChI=1S/C13H20N2O2S/c1-9-6-12-13(7-10(9)2)18(16,17)8-11(3)15(12)5-4-14/h6-7,11H,4-5,8,14H2,1-3H3. The molecule has 1 unspecified atom stereocenters. The summed E-state index contributed by atoms with van der Waals surface area (Å²) in [5, 5.41) is 0. The van der Waals surface area contributed by atoms with Crippen LogP contribution in [-0.2, 0) is 9.84 Å². The highest BCUT2D eigenvalue weighted by atomic mass is 32.2. The topological polar surface area (TPSA) is 63.4 Å². The Hall–Kier alpha value is -1.07. The molecule has 0 amide bonds.